The van der Waals surface area contributed by atoms with Gasteiger partial charge >= 0.3 is 0 Å². The van der Waals surface area contributed by atoms with Crippen LogP contribution in [0.2, 0.25) is 0 Å². The number of halogens is 1. The van der Waals surface area contributed by atoms with Crippen molar-refractivity contribution < 1.29 is 9.18 Å². The number of piperidine rings is 1. The number of pyridine rings is 1. The lowest BCUT2D eigenvalue weighted by Crippen LogP contribution is -2.35. The summed E-state index contributed by atoms with van der Waals surface area (Å²) >= 11 is 0. The number of carbonyl (C=O) groups excluding carboxylic acids is 1. The molecule has 4 aromatic rings. The zero-order chi connectivity index (χ0) is 23.9. The average Bonchev–Trinajstić information content (AvgIpc) is 3.31. The molecule has 2 aromatic heterocycles. The van der Waals surface area contributed by atoms with Gasteiger partial charge in [0.1, 0.15) is 23.7 Å². The zero-order valence-corrected chi connectivity index (χ0v) is 19.1. The van der Waals surface area contributed by atoms with E-state index in [2.05, 4.69) is 19.9 Å². The predicted molar refractivity (Wildman–Crippen MR) is 133 cm³/mol. The molecule has 35 heavy (non-hydrogen) atoms. The molecule has 6 rings (SSSR count). The molecule has 2 aromatic carbocycles. The van der Waals surface area contributed by atoms with E-state index in [0.717, 1.165) is 53.6 Å². The number of benzene rings is 2. The van der Waals surface area contributed by atoms with E-state index in [9.17, 15) is 14.0 Å². The third-order valence-electron chi connectivity index (χ3n) is 7.09. The highest BCUT2D eigenvalue weighted by Gasteiger charge is 2.28. The Kier molecular flexibility index (Phi) is 5.28. The van der Waals surface area contributed by atoms with Crippen LogP contribution >= 0.6 is 0 Å². The van der Waals surface area contributed by atoms with E-state index in [0.29, 0.717) is 24.5 Å². The SMILES string of the molecule is O=C(c1cc(N2CCC(c3cc4ccccc4[nH]c3=O)CC2)ncn1)N1CCc2cc(F)ccc21. The van der Waals surface area contributed by atoms with Crippen molar-refractivity contribution in [3.8, 4) is 0 Å². The second kappa shape index (κ2) is 8.61. The lowest BCUT2D eigenvalue weighted by molar-refractivity contribution is 0.0984. The predicted octanol–water partition coefficient (Wildman–Crippen LogP) is 4.04. The van der Waals surface area contributed by atoms with Gasteiger partial charge in [-0.05, 0) is 66.5 Å². The van der Waals surface area contributed by atoms with Gasteiger partial charge in [0, 0.05) is 42.5 Å². The topological polar surface area (TPSA) is 82.2 Å². The number of fused-ring (bicyclic) bond motifs is 2. The van der Waals surface area contributed by atoms with Crippen LogP contribution < -0.4 is 15.4 Å². The molecular weight excluding hydrogens is 445 g/mol. The number of nitrogens with zero attached hydrogens (tertiary/aromatic N) is 4. The molecular formula is C27H24FN5O2. The molecule has 0 radical (unpaired) electrons. The maximum absolute atomic E-state index is 13.6. The van der Waals surface area contributed by atoms with E-state index in [4.69, 9.17) is 0 Å². The second-order valence-corrected chi connectivity index (χ2v) is 9.14. The molecule has 1 amide bonds. The summed E-state index contributed by atoms with van der Waals surface area (Å²) in [5.41, 5.74) is 3.54. The molecule has 1 N–H and O–H groups in total. The fourth-order valence-electron chi connectivity index (χ4n) is 5.24. The summed E-state index contributed by atoms with van der Waals surface area (Å²) in [7, 11) is 0. The molecule has 2 aliphatic heterocycles. The number of nitrogens with one attached hydrogen (secondary N) is 1. The van der Waals surface area contributed by atoms with E-state index in [-0.39, 0.29) is 23.2 Å². The monoisotopic (exact) mass is 469 g/mol. The number of hydrogen-bond acceptors (Lipinski definition) is 5. The first-order valence-corrected chi connectivity index (χ1v) is 11.9. The van der Waals surface area contributed by atoms with Gasteiger partial charge in [0.15, 0.2) is 0 Å². The van der Waals surface area contributed by atoms with Crippen molar-refractivity contribution in [2.75, 3.05) is 29.4 Å². The summed E-state index contributed by atoms with van der Waals surface area (Å²) in [4.78, 5) is 41.3. The number of aromatic amines is 1. The number of carbonyl (C=O) groups is 1. The van der Waals surface area contributed by atoms with E-state index < -0.39 is 0 Å². The van der Waals surface area contributed by atoms with Crippen LogP contribution in [-0.2, 0) is 6.42 Å². The quantitative estimate of drug-likeness (QED) is 0.490. The van der Waals surface area contributed by atoms with Crippen LogP contribution in [0, 0.1) is 5.82 Å². The highest BCUT2D eigenvalue weighted by molar-refractivity contribution is 6.06. The van der Waals surface area contributed by atoms with E-state index in [1.54, 1.807) is 17.0 Å². The summed E-state index contributed by atoms with van der Waals surface area (Å²) in [6.07, 6.45) is 3.68. The molecule has 176 valence electrons. The highest BCUT2D eigenvalue weighted by Crippen LogP contribution is 2.31. The minimum absolute atomic E-state index is 0.0251. The molecule has 2 aliphatic rings. The van der Waals surface area contributed by atoms with Gasteiger partial charge in [-0.1, -0.05) is 18.2 Å². The van der Waals surface area contributed by atoms with Gasteiger partial charge in [0.25, 0.3) is 11.5 Å². The van der Waals surface area contributed by atoms with Crippen LogP contribution in [0.4, 0.5) is 15.9 Å². The van der Waals surface area contributed by atoms with Gasteiger partial charge in [-0.25, -0.2) is 14.4 Å². The molecule has 1 fully saturated rings. The van der Waals surface area contributed by atoms with Gasteiger partial charge in [-0.3, -0.25) is 9.59 Å². The van der Waals surface area contributed by atoms with E-state index >= 15 is 0 Å². The smallest absolute Gasteiger partial charge is 0.277 e. The average molecular weight is 470 g/mol. The van der Waals surface area contributed by atoms with Gasteiger partial charge in [0.05, 0.1) is 0 Å². The lowest BCUT2D eigenvalue weighted by atomic mass is 9.89. The Bertz CT molecular complexity index is 1490. The lowest BCUT2D eigenvalue weighted by Gasteiger charge is -2.32. The minimum atomic E-state index is -0.295. The Morgan fingerprint density at radius 3 is 2.69 bits per heavy atom. The molecule has 4 heterocycles. The van der Waals surface area contributed by atoms with Crippen LogP contribution in [0.5, 0.6) is 0 Å². The molecule has 0 saturated carbocycles. The number of H-pyrrole nitrogens is 1. The molecule has 0 atom stereocenters. The minimum Gasteiger partial charge on any atom is -0.356 e. The Labute approximate surface area is 201 Å². The summed E-state index contributed by atoms with van der Waals surface area (Å²) < 4.78 is 13.6. The number of aromatic nitrogens is 3. The number of anilines is 2. The fourth-order valence-corrected chi connectivity index (χ4v) is 5.24. The van der Waals surface area contributed by atoms with Gasteiger partial charge < -0.3 is 14.8 Å². The van der Waals surface area contributed by atoms with Crippen molar-refractivity contribution in [2.45, 2.75) is 25.2 Å². The Balaban J connectivity index is 1.18. The normalized spacial score (nSPS) is 16.0. The van der Waals surface area contributed by atoms with Gasteiger partial charge in [0.2, 0.25) is 0 Å². The standard InChI is InChI=1S/C27H24FN5O2/c28-20-5-6-24-19(13-20)9-12-33(24)27(35)23-15-25(30-16-29-23)32-10-7-17(8-11-32)21-14-18-3-1-2-4-22(18)31-26(21)34/h1-6,13-17H,7-12H2,(H,31,34). The number of para-hydroxylation sites is 1. The zero-order valence-electron chi connectivity index (χ0n) is 19.1. The largest absolute Gasteiger partial charge is 0.356 e. The van der Waals surface area contributed by atoms with Crippen LogP contribution in [-0.4, -0.2) is 40.5 Å². The molecule has 1 saturated heterocycles. The maximum atomic E-state index is 13.6. The third kappa shape index (κ3) is 3.95. The molecule has 0 aliphatic carbocycles. The van der Waals surface area contributed by atoms with Crippen LogP contribution in [0.3, 0.4) is 0 Å². The number of hydrogen-bond donors (Lipinski definition) is 1. The van der Waals surface area contributed by atoms with Gasteiger partial charge in [-0.15, -0.1) is 0 Å². The molecule has 0 bridgehead atoms. The summed E-state index contributed by atoms with van der Waals surface area (Å²) in [5.74, 6) is 0.366. The van der Waals surface area contributed by atoms with Crippen molar-refractivity contribution in [3.63, 3.8) is 0 Å². The van der Waals surface area contributed by atoms with Crippen molar-refractivity contribution in [2.24, 2.45) is 0 Å². The first-order valence-electron chi connectivity index (χ1n) is 11.9. The fraction of sp³-hybridized carbons (Fsp3) is 0.259. The second-order valence-electron chi connectivity index (χ2n) is 9.14. The number of amides is 1. The summed E-state index contributed by atoms with van der Waals surface area (Å²) in [6, 6.07) is 16.1. The Hall–Kier alpha value is -4.07. The van der Waals surface area contributed by atoms with E-state index in [1.165, 1.54) is 18.5 Å². The first-order chi connectivity index (χ1) is 17.1. The van der Waals surface area contributed by atoms with Gasteiger partial charge in [-0.2, -0.15) is 0 Å². The summed E-state index contributed by atoms with van der Waals surface area (Å²) in [5, 5.41) is 1.04. The van der Waals surface area contributed by atoms with Crippen molar-refractivity contribution in [1.29, 1.82) is 0 Å². The Morgan fingerprint density at radius 2 is 1.83 bits per heavy atom. The van der Waals surface area contributed by atoms with Crippen LogP contribution in [0.1, 0.15) is 40.4 Å². The highest BCUT2D eigenvalue weighted by atomic mass is 19.1. The van der Waals surface area contributed by atoms with Crippen LogP contribution in [0.25, 0.3) is 10.9 Å². The molecule has 7 nitrogen and oxygen atoms in total. The van der Waals surface area contributed by atoms with E-state index in [1.807, 2.05) is 30.3 Å². The molecule has 0 spiro atoms. The van der Waals surface area contributed by atoms with Crippen molar-refractivity contribution in [3.05, 3.63) is 93.9 Å². The maximum Gasteiger partial charge on any atom is 0.277 e. The first kappa shape index (κ1) is 21.5. The molecule has 0 unspecified atom stereocenters. The number of rotatable bonds is 3. The van der Waals surface area contributed by atoms with Crippen molar-refractivity contribution in [1.82, 2.24) is 15.0 Å². The van der Waals surface area contributed by atoms with Crippen molar-refractivity contribution >= 4 is 28.3 Å². The van der Waals surface area contributed by atoms with Crippen LogP contribution in [0.15, 0.2) is 65.7 Å². The molecule has 8 heteroatoms. The Morgan fingerprint density at radius 1 is 1.00 bits per heavy atom. The third-order valence-corrected chi connectivity index (χ3v) is 7.09. The summed E-state index contributed by atoms with van der Waals surface area (Å²) in [6.45, 7) is 1.96.